The highest BCUT2D eigenvalue weighted by atomic mass is 35.5. The second-order valence-electron chi connectivity index (χ2n) is 4.16. The minimum Gasteiger partial charge on any atom is -0.488 e. The van der Waals surface area contributed by atoms with Gasteiger partial charge < -0.3 is 4.74 Å². The summed E-state index contributed by atoms with van der Waals surface area (Å²) >= 11 is 5.80. The van der Waals surface area contributed by atoms with Crippen LogP contribution in [0.4, 0.5) is 4.39 Å². The van der Waals surface area contributed by atoms with Crippen LogP contribution in [-0.4, -0.2) is 6.29 Å². The maximum absolute atomic E-state index is 13.0. The van der Waals surface area contributed by atoms with Crippen molar-refractivity contribution in [2.45, 2.75) is 13.5 Å². The molecule has 19 heavy (non-hydrogen) atoms. The van der Waals surface area contributed by atoms with Gasteiger partial charge in [0.2, 0.25) is 0 Å². The third-order valence-electron chi connectivity index (χ3n) is 2.79. The molecule has 0 unspecified atom stereocenters. The Morgan fingerprint density at radius 1 is 1.26 bits per heavy atom. The van der Waals surface area contributed by atoms with Crippen LogP contribution < -0.4 is 4.74 Å². The molecule has 0 aromatic heterocycles. The van der Waals surface area contributed by atoms with Crippen molar-refractivity contribution in [3.05, 3.63) is 63.9 Å². The lowest BCUT2D eigenvalue weighted by atomic mass is 10.1. The number of hydrogen-bond donors (Lipinski definition) is 0. The van der Waals surface area contributed by atoms with Crippen LogP contribution in [-0.2, 0) is 6.61 Å². The van der Waals surface area contributed by atoms with Crippen molar-refractivity contribution in [3.8, 4) is 5.75 Å². The molecule has 98 valence electrons. The average molecular weight is 279 g/mol. The van der Waals surface area contributed by atoms with Crippen molar-refractivity contribution < 1.29 is 13.9 Å². The molecule has 0 fully saturated rings. The van der Waals surface area contributed by atoms with Crippen LogP contribution in [0.1, 0.15) is 21.5 Å². The van der Waals surface area contributed by atoms with Gasteiger partial charge in [-0.25, -0.2) is 4.39 Å². The lowest BCUT2D eigenvalue weighted by molar-refractivity contribution is 0.111. The van der Waals surface area contributed by atoms with E-state index < -0.39 is 0 Å². The molecule has 0 aliphatic rings. The first-order valence-corrected chi connectivity index (χ1v) is 6.10. The molecule has 0 aliphatic heterocycles. The number of benzene rings is 2. The number of carbonyl (C=O) groups is 1. The van der Waals surface area contributed by atoms with Gasteiger partial charge in [0.05, 0.1) is 5.56 Å². The Labute approximate surface area is 115 Å². The molecule has 0 spiro atoms. The van der Waals surface area contributed by atoms with E-state index in [1.165, 1.54) is 12.1 Å². The normalized spacial score (nSPS) is 10.3. The zero-order chi connectivity index (χ0) is 13.8. The van der Waals surface area contributed by atoms with E-state index in [0.717, 1.165) is 11.1 Å². The van der Waals surface area contributed by atoms with E-state index in [-0.39, 0.29) is 12.4 Å². The van der Waals surface area contributed by atoms with Gasteiger partial charge in [0.15, 0.2) is 6.29 Å². The Balaban J connectivity index is 2.16. The van der Waals surface area contributed by atoms with Crippen LogP contribution in [0.2, 0.25) is 5.02 Å². The standard InChI is InChI=1S/C15H12ClFO2/c1-10-6-14(17)4-2-11(10)9-19-15-5-3-13(16)7-12(15)8-18/h2-8H,9H2,1H3. The van der Waals surface area contributed by atoms with E-state index in [0.29, 0.717) is 22.6 Å². The third-order valence-corrected chi connectivity index (χ3v) is 3.02. The van der Waals surface area contributed by atoms with Gasteiger partial charge >= 0.3 is 0 Å². The molecule has 0 radical (unpaired) electrons. The predicted octanol–water partition coefficient (Wildman–Crippen LogP) is 4.18. The van der Waals surface area contributed by atoms with Crippen LogP contribution in [0, 0.1) is 12.7 Å². The first kappa shape index (κ1) is 13.6. The van der Waals surface area contributed by atoms with Crippen molar-refractivity contribution in [2.24, 2.45) is 0 Å². The summed E-state index contributed by atoms with van der Waals surface area (Å²) in [7, 11) is 0. The third kappa shape index (κ3) is 3.32. The summed E-state index contributed by atoms with van der Waals surface area (Å²) in [4.78, 5) is 10.9. The molecule has 0 bridgehead atoms. The van der Waals surface area contributed by atoms with Gasteiger partial charge in [-0.1, -0.05) is 17.7 Å². The van der Waals surface area contributed by atoms with Crippen LogP contribution in [0.25, 0.3) is 0 Å². The van der Waals surface area contributed by atoms with Crippen molar-refractivity contribution >= 4 is 17.9 Å². The zero-order valence-electron chi connectivity index (χ0n) is 10.3. The summed E-state index contributed by atoms with van der Waals surface area (Å²) in [6.45, 7) is 2.08. The van der Waals surface area contributed by atoms with Crippen molar-refractivity contribution in [1.29, 1.82) is 0 Å². The Kier molecular flexibility index (Phi) is 4.17. The first-order valence-electron chi connectivity index (χ1n) is 5.72. The Morgan fingerprint density at radius 2 is 2.05 bits per heavy atom. The number of halogens is 2. The van der Waals surface area contributed by atoms with Gasteiger partial charge in [-0.15, -0.1) is 0 Å². The second-order valence-corrected chi connectivity index (χ2v) is 4.60. The van der Waals surface area contributed by atoms with Crippen molar-refractivity contribution in [2.75, 3.05) is 0 Å². The smallest absolute Gasteiger partial charge is 0.153 e. The molecule has 0 amide bonds. The quantitative estimate of drug-likeness (QED) is 0.784. The zero-order valence-corrected chi connectivity index (χ0v) is 11.1. The molecule has 2 rings (SSSR count). The van der Waals surface area contributed by atoms with Crippen LogP contribution in [0.15, 0.2) is 36.4 Å². The maximum atomic E-state index is 13.0. The number of aryl methyl sites for hydroxylation is 1. The van der Waals surface area contributed by atoms with E-state index in [4.69, 9.17) is 16.3 Å². The summed E-state index contributed by atoms with van der Waals surface area (Å²) < 4.78 is 18.5. The van der Waals surface area contributed by atoms with Gasteiger partial charge in [-0.05, 0) is 48.4 Å². The molecule has 4 heteroatoms. The molecular weight excluding hydrogens is 267 g/mol. The second kappa shape index (κ2) is 5.85. The summed E-state index contributed by atoms with van der Waals surface area (Å²) in [5, 5.41) is 0.479. The largest absolute Gasteiger partial charge is 0.488 e. The summed E-state index contributed by atoms with van der Waals surface area (Å²) in [5.74, 6) is 0.185. The minimum absolute atomic E-state index is 0.272. The molecule has 0 N–H and O–H groups in total. The monoisotopic (exact) mass is 278 g/mol. The molecule has 2 nitrogen and oxygen atoms in total. The fraction of sp³-hybridized carbons (Fsp3) is 0.133. The van der Waals surface area contributed by atoms with Gasteiger partial charge in [-0.2, -0.15) is 0 Å². The van der Waals surface area contributed by atoms with Gasteiger partial charge in [0.25, 0.3) is 0 Å². The Hall–Kier alpha value is -1.87. The maximum Gasteiger partial charge on any atom is 0.153 e. The van der Waals surface area contributed by atoms with Crippen LogP contribution in [0.5, 0.6) is 5.75 Å². The highest BCUT2D eigenvalue weighted by molar-refractivity contribution is 6.30. The SMILES string of the molecule is Cc1cc(F)ccc1COc1ccc(Cl)cc1C=O. The molecule has 0 saturated heterocycles. The topological polar surface area (TPSA) is 26.3 Å². The van der Waals surface area contributed by atoms with Crippen molar-refractivity contribution in [1.82, 2.24) is 0 Å². The van der Waals surface area contributed by atoms with Gasteiger partial charge in [0.1, 0.15) is 18.2 Å². The van der Waals surface area contributed by atoms with Crippen LogP contribution in [0.3, 0.4) is 0 Å². The highest BCUT2D eigenvalue weighted by Crippen LogP contribution is 2.23. The summed E-state index contributed by atoms with van der Waals surface area (Å²) in [6.07, 6.45) is 0.693. The summed E-state index contributed by atoms with van der Waals surface area (Å²) in [6, 6.07) is 9.34. The Morgan fingerprint density at radius 3 is 2.74 bits per heavy atom. The first-order chi connectivity index (χ1) is 9.10. The van der Waals surface area contributed by atoms with E-state index in [1.807, 2.05) is 6.92 Å². The predicted molar refractivity (Wildman–Crippen MR) is 72.3 cm³/mol. The molecule has 2 aromatic carbocycles. The van der Waals surface area contributed by atoms with Gasteiger partial charge in [-0.3, -0.25) is 4.79 Å². The van der Waals surface area contributed by atoms with Crippen LogP contribution >= 0.6 is 11.6 Å². The number of hydrogen-bond acceptors (Lipinski definition) is 2. The van der Waals surface area contributed by atoms with E-state index in [1.54, 1.807) is 24.3 Å². The fourth-order valence-corrected chi connectivity index (χ4v) is 1.90. The molecule has 2 aromatic rings. The molecule has 0 saturated carbocycles. The Bertz CT molecular complexity index is 611. The lowest BCUT2D eigenvalue weighted by Crippen LogP contribution is -2.00. The summed E-state index contributed by atoms with van der Waals surface area (Å²) in [5.41, 5.74) is 2.07. The number of aldehydes is 1. The minimum atomic E-state index is -0.277. The molecular formula is C15H12ClFO2. The fourth-order valence-electron chi connectivity index (χ4n) is 1.72. The lowest BCUT2D eigenvalue weighted by Gasteiger charge is -2.10. The van der Waals surface area contributed by atoms with Gasteiger partial charge in [0, 0.05) is 5.02 Å². The highest BCUT2D eigenvalue weighted by Gasteiger charge is 2.06. The molecule has 0 atom stereocenters. The molecule has 0 heterocycles. The number of rotatable bonds is 4. The average Bonchev–Trinajstić information content (AvgIpc) is 2.39. The van der Waals surface area contributed by atoms with E-state index in [9.17, 15) is 9.18 Å². The van der Waals surface area contributed by atoms with Crippen molar-refractivity contribution in [3.63, 3.8) is 0 Å². The van der Waals surface area contributed by atoms with E-state index >= 15 is 0 Å². The number of ether oxygens (including phenoxy) is 1. The molecule has 0 aliphatic carbocycles. The van der Waals surface area contributed by atoms with E-state index in [2.05, 4.69) is 0 Å². The number of carbonyl (C=O) groups excluding carboxylic acids is 1.